The Morgan fingerprint density at radius 2 is 0.894 bits per heavy atom. The van der Waals surface area contributed by atoms with E-state index < -0.39 is 56.2 Å². The minimum Gasteiger partial charge on any atom is -0.497 e. The molecule has 6 aromatic rings. The second kappa shape index (κ2) is 28.3. The number of amides is 5. The van der Waals surface area contributed by atoms with E-state index in [2.05, 4.69) is 14.0 Å². The summed E-state index contributed by atoms with van der Waals surface area (Å²) in [6.07, 6.45) is 14.5. The van der Waals surface area contributed by atoms with Gasteiger partial charge in [0.05, 0.1) is 38.7 Å². The van der Waals surface area contributed by atoms with Crippen LogP contribution in [0.5, 0.6) is 11.5 Å². The Hall–Kier alpha value is -8.32. The molecule has 0 saturated heterocycles. The van der Waals surface area contributed by atoms with Crippen LogP contribution in [-0.4, -0.2) is 173 Å². The van der Waals surface area contributed by atoms with Gasteiger partial charge >= 0.3 is 26.4 Å². The molecule has 0 spiro atoms. The van der Waals surface area contributed by atoms with Crippen LogP contribution in [0.1, 0.15) is 147 Å². The molecule has 2 fully saturated rings. The van der Waals surface area contributed by atoms with Gasteiger partial charge in [0, 0.05) is 112 Å². The molecule has 5 amide bonds. The highest BCUT2D eigenvalue weighted by Crippen LogP contribution is 2.49. The molecular formula is C70H89N9O13S2. The summed E-state index contributed by atoms with van der Waals surface area (Å²) in [5, 5.41) is 11.9. The third-order valence-electron chi connectivity index (χ3n) is 18.7. The Kier molecular flexibility index (Phi) is 21.1. The van der Waals surface area contributed by atoms with Crippen LogP contribution in [0.3, 0.4) is 0 Å². The maximum Gasteiger partial charge on any atom is 0.326 e. The molecule has 2 aliphatic heterocycles. The first kappa shape index (κ1) is 70.0. The van der Waals surface area contributed by atoms with E-state index in [9.17, 15) is 50.7 Å². The van der Waals surface area contributed by atoms with Crippen LogP contribution in [-0.2, 0) is 52.7 Å². The first-order chi connectivity index (χ1) is 44.4. The highest BCUT2D eigenvalue weighted by atomic mass is 32.2. The molecule has 0 radical (unpaired) electrons. The third kappa shape index (κ3) is 14.1. The van der Waals surface area contributed by atoms with E-state index in [1.807, 2.05) is 73.0 Å². The molecule has 94 heavy (non-hydrogen) atoms. The fourth-order valence-corrected chi connectivity index (χ4v) is 15.0. The quantitative estimate of drug-likeness (QED) is 0.0725. The van der Waals surface area contributed by atoms with Crippen LogP contribution < -0.4 is 18.9 Å². The van der Waals surface area contributed by atoms with Crippen LogP contribution in [0.2, 0.25) is 0 Å². The van der Waals surface area contributed by atoms with Gasteiger partial charge < -0.3 is 38.4 Å². The molecule has 10 rings (SSSR count). The smallest absolute Gasteiger partial charge is 0.326 e. The topological polar surface area (TPSA) is 260 Å². The summed E-state index contributed by atoms with van der Waals surface area (Å²) < 4.78 is 71.4. The highest BCUT2D eigenvalue weighted by Gasteiger charge is 2.38. The molecule has 24 heteroatoms. The summed E-state index contributed by atoms with van der Waals surface area (Å²) in [6.45, 7) is 7.68. The lowest BCUT2D eigenvalue weighted by molar-refractivity contribution is -0.149. The predicted molar refractivity (Wildman–Crippen MR) is 365 cm³/mol. The van der Waals surface area contributed by atoms with Gasteiger partial charge in [-0.1, -0.05) is 78.4 Å². The molecule has 3 N–H and O–H groups in total. The maximum atomic E-state index is 14.4. The van der Waals surface area contributed by atoms with Crippen molar-refractivity contribution in [2.24, 2.45) is 11.8 Å². The van der Waals surface area contributed by atoms with Crippen molar-refractivity contribution in [3.8, 4) is 34.0 Å². The van der Waals surface area contributed by atoms with E-state index in [-0.39, 0.29) is 59.7 Å². The van der Waals surface area contributed by atoms with Crippen LogP contribution in [0.25, 0.3) is 56.5 Å². The molecule has 2 saturated carbocycles. The monoisotopic (exact) mass is 1330 g/mol. The summed E-state index contributed by atoms with van der Waals surface area (Å²) in [7, 11) is 7.08. The number of ether oxygens (including phenoxy) is 2. The summed E-state index contributed by atoms with van der Waals surface area (Å²) in [5.41, 5.74) is 10.2. The lowest BCUT2D eigenvalue weighted by Crippen LogP contribution is -2.50. The molecule has 2 atom stereocenters. The van der Waals surface area contributed by atoms with Crippen LogP contribution in [0.4, 0.5) is 0 Å². The number of likely N-dealkylation sites (N-methyl/N-ethyl adjacent to an activating group) is 3. The average Bonchev–Trinajstić information content (AvgIpc) is 1.58. The third-order valence-corrected chi connectivity index (χ3v) is 21.6. The van der Waals surface area contributed by atoms with E-state index in [1.165, 1.54) is 61.9 Å². The SMILES string of the molecule is COc1ccc2c(c1)C=C(C(=O)N(C)[C@H](C(=O)N(C)C)C(C)C)Cn1c-2c(C2CCCCC2)c2ccc(C(=O)NS(=O)(=O)N(C)C)cc21.COc1ccc2c(c1)C=C(C(=O)N(C)[C@H](C(=O)O)C(C)C)Cn1c-2c(C2CCCCC2)c2ccc(C(=O)NS(=O)(=O)N(C)C)cc21. The summed E-state index contributed by atoms with van der Waals surface area (Å²) >= 11 is 0. The second-order valence-corrected chi connectivity index (χ2v) is 30.1. The lowest BCUT2D eigenvalue weighted by Gasteiger charge is -2.32. The number of benzene rings is 4. The number of carbonyl (C=O) groups is 6. The predicted octanol–water partition coefficient (Wildman–Crippen LogP) is 9.73. The zero-order valence-electron chi connectivity index (χ0n) is 56.3. The molecule has 22 nitrogen and oxygen atoms in total. The molecule has 4 aliphatic rings. The zero-order chi connectivity index (χ0) is 68.6. The second-order valence-electron chi connectivity index (χ2n) is 26.3. The van der Waals surface area contributed by atoms with Gasteiger partial charge in [-0.2, -0.15) is 25.4 Å². The van der Waals surface area contributed by atoms with Crippen molar-refractivity contribution in [3.05, 3.63) is 117 Å². The number of aromatic nitrogens is 2. The number of carbonyl (C=O) groups excluding carboxylic acids is 5. The van der Waals surface area contributed by atoms with Gasteiger partial charge in [0.2, 0.25) is 5.91 Å². The van der Waals surface area contributed by atoms with Crippen molar-refractivity contribution in [1.29, 1.82) is 0 Å². The Balaban J connectivity index is 0.000000222. The molecule has 4 aromatic carbocycles. The van der Waals surface area contributed by atoms with E-state index in [4.69, 9.17) is 9.47 Å². The van der Waals surface area contributed by atoms with Crippen LogP contribution in [0, 0.1) is 11.8 Å². The zero-order valence-corrected chi connectivity index (χ0v) is 58.0. The van der Waals surface area contributed by atoms with Gasteiger partial charge in [0.15, 0.2) is 0 Å². The van der Waals surface area contributed by atoms with Crippen molar-refractivity contribution < 1.29 is 60.2 Å². The van der Waals surface area contributed by atoms with Gasteiger partial charge in [-0.25, -0.2) is 14.2 Å². The number of hydrogen-bond acceptors (Lipinski definition) is 12. The summed E-state index contributed by atoms with van der Waals surface area (Å²) in [5.74, 6) is -2.14. The number of carboxylic acids is 1. The molecule has 4 heterocycles. The summed E-state index contributed by atoms with van der Waals surface area (Å²) in [4.78, 5) is 84.9. The first-order valence-electron chi connectivity index (χ1n) is 32.0. The fraction of sp³-hybridized carbons (Fsp3) is 0.457. The highest BCUT2D eigenvalue weighted by molar-refractivity contribution is 7.88. The Bertz CT molecular complexity index is 4260. The molecule has 504 valence electrons. The van der Waals surface area contributed by atoms with Crippen molar-refractivity contribution >= 4 is 89.9 Å². The van der Waals surface area contributed by atoms with Crippen molar-refractivity contribution in [3.63, 3.8) is 0 Å². The Morgan fingerprint density at radius 1 is 0.521 bits per heavy atom. The van der Waals surface area contributed by atoms with E-state index in [0.717, 1.165) is 122 Å². The minimum absolute atomic E-state index is 0.115. The van der Waals surface area contributed by atoms with Gasteiger partial charge in [-0.15, -0.1) is 0 Å². The number of nitrogens with zero attached hydrogens (tertiary/aromatic N) is 7. The number of fused-ring (bicyclic) bond motifs is 10. The number of nitrogens with one attached hydrogen (secondary N) is 2. The van der Waals surface area contributed by atoms with E-state index in [0.29, 0.717) is 28.2 Å². The van der Waals surface area contributed by atoms with Gasteiger partial charge in [0.1, 0.15) is 23.6 Å². The molecular weight excluding hydrogens is 1240 g/mol. The molecule has 0 unspecified atom stereocenters. The number of carboxylic acid groups (broad SMARTS) is 1. The maximum absolute atomic E-state index is 14.4. The van der Waals surface area contributed by atoms with E-state index >= 15 is 0 Å². The number of methoxy groups -OCH3 is 2. The Labute approximate surface area is 551 Å². The van der Waals surface area contributed by atoms with Gasteiger partial charge in [0.25, 0.3) is 23.6 Å². The van der Waals surface area contributed by atoms with Gasteiger partial charge in [-0.3, -0.25) is 24.0 Å². The molecule has 2 aliphatic carbocycles. The van der Waals surface area contributed by atoms with E-state index in [1.54, 1.807) is 79.6 Å². The van der Waals surface area contributed by atoms with Crippen LogP contribution in [0.15, 0.2) is 83.9 Å². The van der Waals surface area contributed by atoms with Crippen LogP contribution >= 0.6 is 0 Å². The normalized spacial score (nSPS) is 15.9. The van der Waals surface area contributed by atoms with Crippen molar-refractivity contribution in [2.45, 2.75) is 129 Å². The minimum atomic E-state index is -4.02. The standard InChI is InChI=1S/C36H47N5O6S.C34H42N4O7S/c1-22(2)32(36(44)38(3)4)40(7)35(43)26-18-25-19-27(47-8)15-17-28(25)33-31(23-12-10-9-11-13-23)29-16-14-24(20-30(29)41(33)21-26)34(42)37-48(45,46)39(5)6;1-20(2)30(34(41)42)37(5)33(40)24-16-23-17-25(45-6)13-15-26(23)31-29(21-10-8-7-9-11-21)27-14-12-22(18-28(27)38(31)19-24)32(39)35-46(43,44)36(3)4/h14-20,22-23,32H,9-13,21H2,1-8H3,(H,37,42);12-18,20-21,30H,7-11,19H2,1-6H3,(H,35,39)(H,41,42)/t32-;30-/m00/s1. The summed E-state index contributed by atoms with van der Waals surface area (Å²) in [6, 6.07) is 20.4. The molecule has 2 aromatic heterocycles. The number of hydrogen-bond donors (Lipinski definition) is 3. The first-order valence-corrected chi connectivity index (χ1v) is 34.9. The number of rotatable bonds is 18. The Morgan fingerprint density at radius 3 is 1.22 bits per heavy atom. The molecule has 0 bridgehead atoms. The fourth-order valence-electron chi connectivity index (χ4n) is 13.9. The van der Waals surface area contributed by atoms with Crippen molar-refractivity contribution in [1.82, 2.24) is 41.9 Å². The lowest BCUT2D eigenvalue weighted by atomic mass is 9.81. The number of aliphatic carboxylic acids is 1. The van der Waals surface area contributed by atoms with Crippen molar-refractivity contribution in [2.75, 3.05) is 70.6 Å². The average molecular weight is 1330 g/mol. The van der Waals surface area contributed by atoms with Gasteiger partial charge in [-0.05, 0) is 144 Å². The largest absolute Gasteiger partial charge is 0.497 e.